The highest BCUT2D eigenvalue weighted by Crippen LogP contribution is 2.44. The Bertz CT molecular complexity index is 3120. The van der Waals surface area contributed by atoms with Crippen molar-refractivity contribution in [3.63, 3.8) is 0 Å². The van der Waals surface area contributed by atoms with E-state index in [1.54, 1.807) is 0 Å². The first-order chi connectivity index (χ1) is 32.1. The molecule has 2 N–H and O–H groups in total. The van der Waals surface area contributed by atoms with Gasteiger partial charge in [0.1, 0.15) is 0 Å². The number of rotatable bonds is 4. The van der Waals surface area contributed by atoms with E-state index in [1.165, 1.54) is 0 Å². The third kappa shape index (κ3) is 6.92. The summed E-state index contributed by atoms with van der Waals surface area (Å²) in [7, 11) is 0. The molecule has 7 aromatic rings. The summed E-state index contributed by atoms with van der Waals surface area (Å²) in [6, 6.07) is 2.51. The van der Waals surface area contributed by atoms with Crippen molar-refractivity contribution in [2.75, 3.05) is 0 Å². The number of nitrogens with zero attached hydrogens (tertiary/aromatic N) is 2. The Morgan fingerprint density at radius 2 is 0.362 bits per heavy atom. The maximum atomic E-state index is 15.8. The van der Waals surface area contributed by atoms with Crippen LogP contribution in [0, 0.1) is 116 Å². The number of benzene rings is 4. The van der Waals surface area contributed by atoms with E-state index in [9.17, 15) is 52.7 Å². The lowest BCUT2D eigenvalue weighted by Crippen LogP contribution is -2.06. The minimum atomic E-state index is -2.72. The van der Waals surface area contributed by atoms with Gasteiger partial charge in [0.2, 0.25) is 23.3 Å². The molecule has 4 nitrogen and oxygen atoms in total. The van der Waals surface area contributed by atoms with E-state index < -0.39 is 206 Å². The molecule has 69 heavy (non-hydrogen) atoms. The van der Waals surface area contributed by atoms with E-state index in [-0.39, 0.29) is 12.4 Å². The first-order valence-electron chi connectivity index (χ1n) is 18.3. The molecule has 9 rings (SSSR count). The highest BCUT2D eigenvalue weighted by Gasteiger charge is 2.35. The van der Waals surface area contributed by atoms with E-state index in [4.69, 9.17) is 0 Å². The number of nitrogens with one attached hydrogen (secondary N) is 2. The molecular weight excluding hydrogens is 1000 g/mol. The summed E-state index contributed by atoms with van der Waals surface area (Å²) in [5.41, 5.74) is -20.5. The van der Waals surface area contributed by atoms with Gasteiger partial charge in [-0.25, -0.2) is 97.8 Å². The number of fused-ring (bicyclic) bond motifs is 8. The van der Waals surface area contributed by atoms with Gasteiger partial charge in [-0.1, -0.05) is 0 Å². The number of halogens is 21. The summed E-state index contributed by atoms with van der Waals surface area (Å²) in [6.07, 6.45) is 2.40. The summed E-state index contributed by atoms with van der Waals surface area (Å²) >= 11 is 0. The molecular formula is C44H11ClF20N4. The van der Waals surface area contributed by atoms with Crippen LogP contribution in [-0.4, -0.2) is 19.9 Å². The summed E-state index contributed by atoms with van der Waals surface area (Å²) in [4.78, 5) is 12.3. The van der Waals surface area contributed by atoms with Gasteiger partial charge in [0.15, 0.2) is 93.1 Å². The predicted molar refractivity (Wildman–Crippen MR) is 207 cm³/mol. The SMILES string of the molecule is Cl.Fc1c(F)c(F)c(-c2c3nc(c(-c4c(F)c(F)c(F)c(F)c4F)c4ccc([nH]4)c(-c4c(F)c(F)c(F)c(F)c4F)c4nc(c(-c5c(F)c(F)c(F)c(F)c5F)c5ccc2[nH]5)C=C4)C=C3)c(F)c1F. The molecule has 2 aliphatic rings. The Kier molecular flexibility index (Phi) is 11.7. The minimum absolute atomic E-state index is 0. The molecule has 2 aliphatic heterocycles. The van der Waals surface area contributed by atoms with E-state index in [0.717, 1.165) is 0 Å². The van der Waals surface area contributed by atoms with Crippen molar-refractivity contribution in [2.45, 2.75) is 0 Å². The van der Waals surface area contributed by atoms with Crippen LogP contribution in [-0.2, 0) is 0 Å². The second-order valence-corrected chi connectivity index (χ2v) is 14.3. The highest BCUT2D eigenvalue weighted by molar-refractivity contribution is 6.00. The fourth-order valence-electron chi connectivity index (χ4n) is 7.56. The Morgan fingerprint density at radius 1 is 0.217 bits per heavy atom. The number of hydrogen-bond donors (Lipinski definition) is 2. The van der Waals surface area contributed by atoms with Gasteiger partial charge in [-0.05, 0) is 48.6 Å². The molecule has 0 atom stereocenters. The average molecular weight is 1010 g/mol. The summed E-state index contributed by atoms with van der Waals surface area (Å²) in [5.74, 6) is -52.6. The zero-order valence-corrected chi connectivity index (χ0v) is 33.3. The minimum Gasteiger partial charge on any atom is -0.354 e. The Morgan fingerprint density at radius 3 is 0.522 bits per heavy atom. The maximum absolute atomic E-state index is 15.8. The molecule has 0 amide bonds. The molecule has 0 radical (unpaired) electrons. The van der Waals surface area contributed by atoms with Gasteiger partial charge < -0.3 is 9.97 Å². The zero-order chi connectivity index (χ0) is 49.3. The Labute approximate surface area is 373 Å². The average Bonchev–Trinajstić information content (AvgIpc) is 4.18. The second kappa shape index (κ2) is 16.9. The maximum Gasteiger partial charge on any atom is 0.200 e. The van der Waals surface area contributed by atoms with Crippen molar-refractivity contribution in [1.29, 1.82) is 0 Å². The molecule has 5 heterocycles. The largest absolute Gasteiger partial charge is 0.354 e. The summed E-state index contributed by atoms with van der Waals surface area (Å²) in [5, 5.41) is 0. The van der Waals surface area contributed by atoms with Crippen LogP contribution >= 0.6 is 12.4 Å². The van der Waals surface area contributed by atoms with Crippen LogP contribution < -0.4 is 0 Å². The second-order valence-electron chi connectivity index (χ2n) is 14.3. The number of aromatic nitrogens is 4. The quantitative estimate of drug-likeness (QED) is 0.105. The molecule has 8 bridgehead atoms. The standard InChI is InChI=1S/C44H10F20N4.ClH/c45-25-21(26(46)34(54)41(61)33(25)53)17-9-1-2-10(65-9)18(22-27(47)35(55)42(62)36(56)28(22)48)12-5-6-14(67-12)20(24-31(51)39(59)44(64)40(60)32(24)52)16-8-7-15(68-16)19(13-4-3-11(17)66-13)23-29(49)37(57)43(63)38(58)30(23)50;/h1-8,65,68H;1H. The van der Waals surface area contributed by atoms with Crippen molar-refractivity contribution in [1.82, 2.24) is 19.9 Å². The van der Waals surface area contributed by atoms with Crippen molar-refractivity contribution < 1.29 is 87.8 Å². The summed E-state index contributed by atoms with van der Waals surface area (Å²) < 4.78 is 303. The first kappa shape index (κ1) is 47.8. The Hall–Kier alpha value is -7.63. The third-order valence-electron chi connectivity index (χ3n) is 10.6. The van der Waals surface area contributed by atoms with Gasteiger partial charge in [0.25, 0.3) is 0 Å². The van der Waals surface area contributed by atoms with Crippen LogP contribution in [0.2, 0.25) is 0 Å². The first-order valence-corrected chi connectivity index (χ1v) is 18.3. The fraction of sp³-hybridized carbons (Fsp3) is 0. The third-order valence-corrected chi connectivity index (χ3v) is 10.6. The topological polar surface area (TPSA) is 57.4 Å². The van der Waals surface area contributed by atoms with Crippen molar-refractivity contribution in [2.24, 2.45) is 0 Å². The van der Waals surface area contributed by atoms with Gasteiger partial charge in [-0.15, -0.1) is 12.4 Å². The van der Waals surface area contributed by atoms with Crippen LogP contribution in [0.15, 0.2) is 24.3 Å². The fourth-order valence-corrected chi connectivity index (χ4v) is 7.56. The molecule has 0 aliphatic carbocycles. The normalized spacial score (nSPS) is 12.1. The molecule has 0 saturated carbocycles. The van der Waals surface area contributed by atoms with Crippen LogP contribution in [0.5, 0.6) is 0 Å². The van der Waals surface area contributed by atoms with E-state index in [0.29, 0.717) is 48.6 Å². The highest BCUT2D eigenvalue weighted by atomic mass is 35.5. The van der Waals surface area contributed by atoms with Crippen LogP contribution in [0.25, 0.3) is 90.9 Å². The monoisotopic (exact) mass is 1010 g/mol. The molecule has 0 saturated heterocycles. The van der Waals surface area contributed by atoms with E-state index in [2.05, 4.69) is 19.9 Å². The molecule has 4 aromatic carbocycles. The zero-order valence-electron chi connectivity index (χ0n) is 32.5. The molecule has 0 fully saturated rings. The van der Waals surface area contributed by atoms with Crippen molar-refractivity contribution >= 4 is 58.8 Å². The number of hydrogen-bond acceptors (Lipinski definition) is 2. The van der Waals surface area contributed by atoms with Crippen molar-refractivity contribution in [3.8, 4) is 44.5 Å². The van der Waals surface area contributed by atoms with E-state index in [1.807, 2.05) is 0 Å². The predicted octanol–water partition coefficient (Wildman–Crippen LogP) is 14.5. The van der Waals surface area contributed by atoms with Gasteiger partial charge in [0, 0.05) is 44.3 Å². The number of aromatic amines is 2. The lowest BCUT2D eigenvalue weighted by atomic mass is 10.0. The smallest absolute Gasteiger partial charge is 0.200 e. The van der Waals surface area contributed by atoms with Gasteiger partial charge in [0.05, 0.1) is 45.0 Å². The van der Waals surface area contributed by atoms with Crippen LogP contribution in [0.1, 0.15) is 22.8 Å². The lowest BCUT2D eigenvalue weighted by Gasteiger charge is -2.12. The molecule has 25 heteroatoms. The van der Waals surface area contributed by atoms with Crippen LogP contribution in [0.4, 0.5) is 87.8 Å². The van der Waals surface area contributed by atoms with Gasteiger partial charge in [-0.2, -0.15) is 0 Å². The van der Waals surface area contributed by atoms with Gasteiger partial charge >= 0.3 is 0 Å². The molecule has 3 aromatic heterocycles. The van der Waals surface area contributed by atoms with Crippen molar-refractivity contribution in [3.05, 3.63) is 163 Å². The van der Waals surface area contributed by atoms with E-state index >= 15 is 35.1 Å². The summed E-state index contributed by atoms with van der Waals surface area (Å²) in [6.45, 7) is 0. The number of H-pyrrole nitrogens is 2. The van der Waals surface area contributed by atoms with Crippen LogP contribution in [0.3, 0.4) is 0 Å². The molecule has 0 spiro atoms. The van der Waals surface area contributed by atoms with Gasteiger partial charge in [-0.3, -0.25) is 0 Å². The lowest BCUT2D eigenvalue weighted by molar-refractivity contribution is 0.381. The Balaban J connectivity index is 0.00000642. The molecule has 354 valence electrons. The molecule has 0 unspecified atom stereocenters.